The van der Waals surface area contributed by atoms with Crippen LogP contribution in [-0.4, -0.2) is 30.3 Å². The Morgan fingerprint density at radius 2 is 2.00 bits per heavy atom. The van der Waals surface area contributed by atoms with Gasteiger partial charge in [0.05, 0.1) is 0 Å². The van der Waals surface area contributed by atoms with Crippen molar-refractivity contribution in [2.24, 2.45) is 5.92 Å². The van der Waals surface area contributed by atoms with E-state index in [-0.39, 0.29) is 5.92 Å². The standard InChI is InChI=1S/C14H19NO3/c16-14(17)13(12-6-8-18-9-7-12)15-10-11-4-2-1-3-5-11/h1-5,12-13,15H,6-10H2,(H,16,17)/t13-/m1/s1. The van der Waals surface area contributed by atoms with Crippen molar-refractivity contribution in [3.05, 3.63) is 35.9 Å². The number of ether oxygens (including phenoxy) is 1. The van der Waals surface area contributed by atoms with E-state index in [1.807, 2.05) is 30.3 Å². The Balaban J connectivity index is 1.92. The Labute approximate surface area is 107 Å². The third kappa shape index (κ3) is 3.55. The van der Waals surface area contributed by atoms with E-state index in [0.29, 0.717) is 19.8 Å². The number of carbonyl (C=O) groups is 1. The van der Waals surface area contributed by atoms with Gasteiger partial charge in [-0.3, -0.25) is 4.79 Å². The second-order valence-electron chi connectivity index (χ2n) is 4.63. The van der Waals surface area contributed by atoms with E-state index in [9.17, 15) is 9.90 Å². The van der Waals surface area contributed by atoms with Crippen LogP contribution in [0.25, 0.3) is 0 Å². The van der Waals surface area contributed by atoms with E-state index < -0.39 is 12.0 Å². The molecule has 1 aliphatic rings. The summed E-state index contributed by atoms with van der Waals surface area (Å²) in [7, 11) is 0. The van der Waals surface area contributed by atoms with Crippen molar-refractivity contribution in [3.63, 3.8) is 0 Å². The Morgan fingerprint density at radius 3 is 2.61 bits per heavy atom. The summed E-state index contributed by atoms with van der Waals surface area (Å²) < 4.78 is 5.27. The maximum absolute atomic E-state index is 11.3. The lowest BCUT2D eigenvalue weighted by atomic mass is 9.91. The predicted octanol–water partition coefficient (Wildman–Crippen LogP) is 1.66. The van der Waals surface area contributed by atoms with Crippen LogP contribution in [0.15, 0.2) is 30.3 Å². The molecule has 1 aliphatic heterocycles. The average molecular weight is 249 g/mol. The largest absolute Gasteiger partial charge is 0.480 e. The minimum atomic E-state index is -0.766. The normalized spacial score (nSPS) is 18.4. The van der Waals surface area contributed by atoms with Crippen molar-refractivity contribution in [2.75, 3.05) is 13.2 Å². The Morgan fingerprint density at radius 1 is 1.33 bits per heavy atom. The first-order chi connectivity index (χ1) is 8.77. The Bertz CT molecular complexity index is 374. The number of benzene rings is 1. The molecule has 0 aromatic heterocycles. The minimum Gasteiger partial charge on any atom is -0.480 e. The minimum absolute atomic E-state index is 0.167. The number of carboxylic acids is 1. The molecule has 0 unspecified atom stereocenters. The molecule has 1 heterocycles. The zero-order valence-corrected chi connectivity index (χ0v) is 10.3. The average Bonchev–Trinajstić information content (AvgIpc) is 2.41. The molecule has 0 radical (unpaired) electrons. The molecule has 4 nitrogen and oxygen atoms in total. The first-order valence-electron chi connectivity index (χ1n) is 6.35. The lowest BCUT2D eigenvalue weighted by molar-refractivity contribution is -0.142. The van der Waals surface area contributed by atoms with E-state index in [2.05, 4.69) is 5.32 Å². The summed E-state index contributed by atoms with van der Waals surface area (Å²) in [5.74, 6) is -0.599. The highest BCUT2D eigenvalue weighted by Crippen LogP contribution is 2.19. The van der Waals surface area contributed by atoms with Gasteiger partial charge in [-0.25, -0.2) is 0 Å². The number of hydrogen-bond acceptors (Lipinski definition) is 3. The van der Waals surface area contributed by atoms with Gasteiger partial charge in [-0.05, 0) is 24.3 Å². The van der Waals surface area contributed by atoms with Crippen LogP contribution in [0.1, 0.15) is 18.4 Å². The van der Waals surface area contributed by atoms with Crippen molar-refractivity contribution >= 4 is 5.97 Å². The van der Waals surface area contributed by atoms with Gasteiger partial charge in [0.25, 0.3) is 0 Å². The molecular formula is C14H19NO3. The molecule has 0 amide bonds. The zero-order chi connectivity index (χ0) is 12.8. The van der Waals surface area contributed by atoms with Crippen LogP contribution < -0.4 is 5.32 Å². The van der Waals surface area contributed by atoms with Gasteiger partial charge in [-0.15, -0.1) is 0 Å². The number of carboxylic acid groups (broad SMARTS) is 1. The van der Waals surface area contributed by atoms with Gasteiger partial charge < -0.3 is 15.2 Å². The molecule has 2 rings (SSSR count). The van der Waals surface area contributed by atoms with E-state index in [1.165, 1.54) is 0 Å². The number of aliphatic carboxylic acids is 1. The topological polar surface area (TPSA) is 58.6 Å². The molecule has 1 aromatic carbocycles. The summed E-state index contributed by atoms with van der Waals surface area (Å²) in [4.78, 5) is 11.3. The molecule has 98 valence electrons. The number of hydrogen-bond donors (Lipinski definition) is 2. The maximum atomic E-state index is 11.3. The SMILES string of the molecule is O=C(O)[C@H](NCc1ccccc1)C1CCOCC1. The summed E-state index contributed by atoms with van der Waals surface area (Å²) in [6.45, 7) is 1.93. The molecule has 2 N–H and O–H groups in total. The van der Waals surface area contributed by atoms with E-state index in [1.54, 1.807) is 0 Å². The fraction of sp³-hybridized carbons (Fsp3) is 0.500. The fourth-order valence-electron chi connectivity index (χ4n) is 2.33. The predicted molar refractivity (Wildman–Crippen MR) is 68.2 cm³/mol. The van der Waals surface area contributed by atoms with Crippen LogP contribution in [0.2, 0.25) is 0 Å². The van der Waals surface area contributed by atoms with Crippen molar-refractivity contribution in [1.82, 2.24) is 5.32 Å². The van der Waals surface area contributed by atoms with Crippen LogP contribution in [-0.2, 0) is 16.1 Å². The van der Waals surface area contributed by atoms with Crippen LogP contribution in [0.5, 0.6) is 0 Å². The molecule has 1 fully saturated rings. The number of nitrogens with one attached hydrogen (secondary N) is 1. The third-order valence-electron chi connectivity index (χ3n) is 3.37. The van der Waals surface area contributed by atoms with Crippen molar-refractivity contribution < 1.29 is 14.6 Å². The second-order valence-corrected chi connectivity index (χ2v) is 4.63. The van der Waals surface area contributed by atoms with Crippen LogP contribution >= 0.6 is 0 Å². The highest BCUT2D eigenvalue weighted by Gasteiger charge is 2.29. The first-order valence-corrected chi connectivity index (χ1v) is 6.35. The quantitative estimate of drug-likeness (QED) is 0.833. The van der Waals surface area contributed by atoms with Gasteiger partial charge in [0.1, 0.15) is 6.04 Å². The summed E-state index contributed by atoms with van der Waals surface area (Å²) in [6.07, 6.45) is 1.64. The molecule has 1 aromatic rings. The van der Waals surface area contributed by atoms with Crippen molar-refractivity contribution in [1.29, 1.82) is 0 Å². The van der Waals surface area contributed by atoms with Crippen LogP contribution in [0.3, 0.4) is 0 Å². The first kappa shape index (κ1) is 13.1. The van der Waals surface area contributed by atoms with Gasteiger partial charge in [-0.2, -0.15) is 0 Å². The summed E-state index contributed by atoms with van der Waals surface area (Å²) in [5.41, 5.74) is 1.11. The summed E-state index contributed by atoms with van der Waals surface area (Å²) >= 11 is 0. The molecule has 0 saturated carbocycles. The summed E-state index contributed by atoms with van der Waals surface area (Å²) in [6, 6.07) is 9.39. The number of rotatable bonds is 5. The van der Waals surface area contributed by atoms with Crippen LogP contribution in [0, 0.1) is 5.92 Å². The lowest BCUT2D eigenvalue weighted by Gasteiger charge is -2.28. The molecule has 18 heavy (non-hydrogen) atoms. The molecule has 0 spiro atoms. The molecular weight excluding hydrogens is 230 g/mol. The molecule has 1 saturated heterocycles. The fourth-order valence-corrected chi connectivity index (χ4v) is 2.33. The third-order valence-corrected chi connectivity index (χ3v) is 3.37. The van der Waals surface area contributed by atoms with Crippen molar-refractivity contribution in [2.45, 2.75) is 25.4 Å². The van der Waals surface area contributed by atoms with Crippen molar-refractivity contribution in [3.8, 4) is 0 Å². The molecule has 4 heteroatoms. The zero-order valence-electron chi connectivity index (χ0n) is 10.3. The van der Waals surface area contributed by atoms with E-state index in [4.69, 9.17) is 4.74 Å². The monoisotopic (exact) mass is 249 g/mol. The molecule has 0 aliphatic carbocycles. The van der Waals surface area contributed by atoms with Gasteiger partial charge >= 0.3 is 5.97 Å². The van der Waals surface area contributed by atoms with Gasteiger partial charge in [0, 0.05) is 19.8 Å². The maximum Gasteiger partial charge on any atom is 0.320 e. The van der Waals surface area contributed by atoms with Gasteiger partial charge in [0.15, 0.2) is 0 Å². The van der Waals surface area contributed by atoms with Crippen LogP contribution in [0.4, 0.5) is 0 Å². The van der Waals surface area contributed by atoms with E-state index in [0.717, 1.165) is 18.4 Å². The van der Waals surface area contributed by atoms with Gasteiger partial charge in [0.2, 0.25) is 0 Å². The molecule has 1 atom stereocenters. The van der Waals surface area contributed by atoms with Gasteiger partial charge in [-0.1, -0.05) is 30.3 Å². The van der Waals surface area contributed by atoms with E-state index >= 15 is 0 Å². The highest BCUT2D eigenvalue weighted by atomic mass is 16.5. The Kier molecular flexibility index (Phi) is 4.73. The smallest absolute Gasteiger partial charge is 0.320 e. The summed E-state index contributed by atoms with van der Waals surface area (Å²) in [5, 5.41) is 12.5. The molecule has 0 bridgehead atoms. The Hall–Kier alpha value is -1.39. The lowest BCUT2D eigenvalue weighted by Crippen LogP contribution is -2.44. The highest BCUT2D eigenvalue weighted by molar-refractivity contribution is 5.73. The second kappa shape index (κ2) is 6.52.